The van der Waals surface area contributed by atoms with Gasteiger partial charge in [-0.05, 0) is 24.3 Å². The van der Waals surface area contributed by atoms with Gasteiger partial charge in [-0.1, -0.05) is 17.8 Å². The lowest BCUT2D eigenvalue weighted by molar-refractivity contribution is -0.136. The molecule has 1 aliphatic rings. The third kappa shape index (κ3) is 4.73. The van der Waals surface area contributed by atoms with Crippen molar-refractivity contribution in [2.75, 3.05) is 12.3 Å². The number of nitrogens with one attached hydrogen (secondary N) is 1. The maximum Gasteiger partial charge on any atom is 0.405 e. The highest BCUT2D eigenvalue weighted by Crippen LogP contribution is 2.39. The molecule has 1 fully saturated rings. The number of alkyl halides is 3. The Morgan fingerprint density at radius 3 is 2.83 bits per heavy atom. The number of hydrogen-bond acceptors (Lipinski definition) is 5. The van der Waals surface area contributed by atoms with Crippen LogP contribution in [0.1, 0.15) is 29.6 Å². The van der Waals surface area contributed by atoms with E-state index in [0.29, 0.717) is 17.6 Å². The van der Waals surface area contributed by atoms with Gasteiger partial charge in [-0.15, -0.1) is 21.5 Å². The minimum Gasteiger partial charge on any atom is -0.346 e. The van der Waals surface area contributed by atoms with E-state index in [1.165, 1.54) is 4.88 Å². The molecule has 1 amide bonds. The Hall–Kier alpha value is -1.55. The van der Waals surface area contributed by atoms with Gasteiger partial charge in [-0.25, -0.2) is 0 Å². The fourth-order valence-corrected chi connectivity index (χ4v) is 3.73. The average Bonchev–Trinajstić information content (AvgIpc) is 3.07. The molecule has 2 heterocycles. The molecule has 0 aliphatic heterocycles. The van der Waals surface area contributed by atoms with Crippen LogP contribution in [0, 0.1) is 0 Å². The third-order valence-corrected chi connectivity index (χ3v) is 5.20. The summed E-state index contributed by atoms with van der Waals surface area (Å²) in [7, 11) is 0. The topological polar surface area (TPSA) is 59.8 Å². The lowest BCUT2D eigenvalue weighted by Gasteiger charge is -2.09. The quantitative estimate of drug-likeness (QED) is 0.755. The van der Waals surface area contributed by atoms with E-state index < -0.39 is 18.6 Å². The molecule has 0 bridgehead atoms. The van der Waals surface area contributed by atoms with Crippen molar-refractivity contribution in [3.63, 3.8) is 0 Å². The van der Waals surface area contributed by atoms with E-state index in [1.54, 1.807) is 11.3 Å². The van der Waals surface area contributed by atoms with Crippen molar-refractivity contribution >= 4 is 29.0 Å². The molecule has 2 aromatic heterocycles. The van der Waals surface area contributed by atoms with Gasteiger partial charge in [0.2, 0.25) is 5.91 Å². The van der Waals surface area contributed by atoms with Gasteiger partial charge in [0.05, 0.1) is 5.75 Å². The molecule has 1 N–H and O–H groups in total. The van der Waals surface area contributed by atoms with Crippen LogP contribution in [0.15, 0.2) is 22.7 Å². The number of thioether (sulfide) groups is 1. The monoisotopic (exact) mass is 376 g/mol. The van der Waals surface area contributed by atoms with Crippen LogP contribution in [0.4, 0.5) is 13.2 Å². The lowest BCUT2D eigenvalue weighted by Crippen LogP contribution is -2.34. The van der Waals surface area contributed by atoms with Gasteiger partial charge in [-0.3, -0.25) is 4.79 Å². The van der Waals surface area contributed by atoms with Crippen LogP contribution in [0.3, 0.4) is 0 Å². The summed E-state index contributed by atoms with van der Waals surface area (Å²) in [6.45, 7) is -1.31. The molecule has 0 radical (unpaired) electrons. The summed E-state index contributed by atoms with van der Waals surface area (Å²) < 4.78 is 38.3. The Bertz CT molecular complexity index is 695. The standard InChI is InChI=1S/C14H15F3N4OS2/c15-14(16,17)8-18-12(22)7-24-13-20-19-11(21(13)9-3-4-9)6-10-2-1-5-23-10/h1-2,5,9H,3-4,6-8H2,(H,18,22). The normalized spacial score (nSPS) is 14.8. The Balaban J connectivity index is 1.61. The van der Waals surface area contributed by atoms with E-state index in [1.807, 2.05) is 27.4 Å². The van der Waals surface area contributed by atoms with Gasteiger partial charge >= 0.3 is 6.18 Å². The molecule has 1 saturated carbocycles. The van der Waals surface area contributed by atoms with Crippen LogP contribution < -0.4 is 5.32 Å². The zero-order valence-corrected chi connectivity index (χ0v) is 14.2. The summed E-state index contributed by atoms with van der Waals surface area (Å²) in [5, 5.41) is 12.8. The number of aromatic nitrogens is 3. The summed E-state index contributed by atoms with van der Waals surface area (Å²) in [5.74, 6) is 0.0561. The Morgan fingerprint density at radius 1 is 1.42 bits per heavy atom. The van der Waals surface area contributed by atoms with Gasteiger partial charge in [0.1, 0.15) is 12.4 Å². The summed E-state index contributed by atoms with van der Waals surface area (Å²) in [6.07, 6.45) is -1.67. The molecule has 130 valence electrons. The molecular weight excluding hydrogens is 361 g/mol. The van der Waals surface area contributed by atoms with Crippen LogP contribution in [-0.4, -0.2) is 39.1 Å². The molecule has 5 nitrogen and oxygen atoms in total. The number of hydrogen-bond donors (Lipinski definition) is 1. The second-order valence-corrected chi connectivity index (χ2v) is 7.41. The first kappa shape index (κ1) is 17.3. The first-order valence-electron chi connectivity index (χ1n) is 7.35. The van der Waals surface area contributed by atoms with Crippen molar-refractivity contribution in [2.24, 2.45) is 0 Å². The second kappa shape index (κ2) is 7.14. The fourth-order valence-electron chi connectivity index (χ4n) is 2.17. The van der Waals surface area contributed by atoms with Crippen molar-refractivity contribution in [1.82, 2.24) is 20.1 Å². The van der Waals surface area contributed by atoms with Crippen molar-refractivity contribution in [3.05, 3.63) is 28.2 Å². The first-order chi connectivity index (χ1) is 11.4. The predicted molar refractivity (Wildman–Crippen MR) is 85.2 cm³/mol. The van der Waals surface area contributed by atoms with E-state index >= 15 is 0 Å². The van der Waals surface area contributed by atoms with Crippen LogP contribution in [0.5, 0.6) is 0 Å². The van der Waals surface area contributed by atoms with E-state index in [-0.39, 0.29) is 5.75 Å². The molecule has 0 unspecified atom stereocenters. The maximum absolute atomic E-state index is 12.1. The molecule has 0 spiro atoms. The zero-order valence-electron chi connectivity index (χ0n) is 12.5. The van der Waals surface area contributed by atoms with Gasteiger partial charge in [0, 0.05) is 17.3 Å². The van der Waals surface area contributed by atoms with Gasteiger partial charge in [0.15, 0.2) is 5.16 Å². The number of carbonyl (C=O) groups is 1. The van der Waals surface area contributed by atoms with Crippen LogP contribution in [-0.2, 0) is 11.2 Å². The minimum absolute atomic E-state index is 0.111. The Morgan fingerprint density at radius 2 is 2.21 bits per heavy atom. The molecule has 10 heteroatoms. The second-order valence-electron chi connectivity index (χ2n) is 5.44. The Kier molecular flexibility index (Phi) is 5.14. The number of nitrogens with zero attached hydrogens (tertiary/aromatic N) is 3. The lowest BCUT2D eigenvalue weighted by atomic mass is 10.3. The number of amides is 1. The van der Waals surface area contributed by atoms with Crippen molar-refractivity contribution in [1.29, 1.82) is 0 Å². The molecular formula is C14H15F3N4OS2. The summed E-state index contributed by atoms with van der Waals surface area (Å²) >= 11 is 2.76. The molecule has 0 aromatic carbocycles. The van der Waals surface area contributed by atoms with Crippen molar-refractivity contribution in [3.8, 4) is 0 Å². The van der Waals surface area contributed by atoms with Crippen LogP contribution in [0.25, 0.3) is 0 Å². The molecule has 3 rings (SSSR count). The SMILES string of the molecule is O=C(CSc1nnc(Cc2cccs2)n1C1CC1)NCC(F)(F)F. The molecule has 0 atom stereocenters. The molecule has 2 aromatic rings. The average molecular weight is 376 g/mol. The predicted octanol–water partition coefficient (Wildman–Crippen LogP) is 3.04. The van der Waals surface area contributed by atoms with Gasteiger partial charge < -0.3 is 9.88 Å². The van der Waals surface area contributed by atoms with Crippen molar-refractivity contribution < 1.29 is 18.0 Å². The number of rotatable bonds is 7. The summed E-state index contributed by atoms with van der Waals surface area (Å²) in [4.78, 5) is 12.7. The summed E-state index contributed by atoms with van der Waals surface area (Å²) in [5.41, 5.74) is 0. The van der Waals surface area contributed by atoms with E-state index in [4.69, 9.17) is 0 Å². The van der Waals surface area contributed by atoms with E-state index in [9.17, 15) is 18.0 Å². The largest absolute Gasteiger partial charge is 0.405 e. The molecule has 0 saturated heterocycles. The fraction of sp³-hybridized carbons (Fsp3) is 0.500. The Labute approximate surface area is 144 Å². The molecule has 1 aliphatic carbocycles. The van der Waals surface area contributed by atoms with Crippen LogP contribution >= 0.6 is 23.1 Å². The highest BCUT2D eigenvalue weighted by Gasteiger charge is 2.30. The minimum atomic E-state index is -4.40. The first-order valence-corrected chi connectivity index (χ1v) is 9.21. The van der Waals surface area contributed by atoms with Crippen molar-refractivity contribution in [2.45, 2.75) is 36.6 Å². The summed E-state index contributed by atoms with van der Waals surface area (Å²) in [6, 6.07) is 4.32. The van der Waals surface area contributed by atoms with E-state index in [0.717, 1.165) is 30.4 Å². The highest BCUT2D eigenvalue weighted by atomic mass is 32.2. The molecule has 24 heavy (non-hydrogen) atoms. The maximum atomic E-state index is 12.1. The van der Waals surface area contributed by atoms with E-state index in [2.05, 4.69) is 10.2 Å². The number of halogens is 3. The number of carbonyl (C=O) groups excluding carboxylic acids is 1. The number of thiophene rings is 1. The smallest absolute Gasteiger partial charge is 0.346 e. The highest BCUT2D eigenvalue weighted by molar-refractivity contribution is 7.99. The third-order valence-electron chi connectivity index (χ3n) is 3.38. The van der Waals surface area contributed by atoms with Gasteiger partial charge in [0.25, 0.3) is 0 Å². The van der Waals surface area contributed by atoms with Crippen LogP contribution in [0.2, 0.25) is 0 Å². The zero-order chi connectivity index (χ0) is 17.2. The van der Waals surface area contributed by atoms with Gasteiger partial charge in [-0.2, -0.15) is 13.2 Å².